The first-order valence-electron chi connectivity index (χ1n) is 7.26. The largest absolute Gasteiger partial charge is 0.435 e. The van der Waals surface area contributed by atoms with Gasteiger partial charge in [0, 0.05) is 25.5 Å². The normalized spacial score (nSPS) is 19.6. The van der Waals surface area contributed by atoms with E-state index < -0.39 is 11.9 Å². The molecule has 126 valence electrons. The van der Waals surface area contributed by atoms with Crippen molar-refractivity contribution in [2.75, 3.05) is 26.7 Å². The first-order chi connectivity index (χ1) is 10.8. The molecule has 9 heteroatoms. The molecule has 1 saturated heterocycles. The summed E-state index contributed by atoms with van der Waals surface area (Å²) in [5, 5.41) is 6.31. The van der Waals surface area contributed by atoms with Crippen LogP contribution in [0.4, 0.5) is 13.2 Å². The Labute approximate surface area is 135 Å². The van der Waals surface area contributed by atoms with Crippen molar-refractivity contribution >= 4 is 27.5 Å². The second-order valence-electron chi connectivity index (χ2n) is 5.93. The van der Waals surface area contributed by atoms with Crippen LogP contribution in [-0.4, -0.2) is 47.3 Å². The monoisotopic (exact) mass is 346 g/mol. The molecule has 1 aliphatic heterocycles. The van der Waals surface area contributed by atoms with E-state index in [-0.39, 0.29) is 16.2 Å². The van der Waals surface area contributed by atoms with E-state index in [9.17, 15) is 18.0 Å². The molecule has 3 heterocycles. The fraction of sp³-hybridized carbons (Fsp3) is 0.571. The molecule has 23 heavy (non-hydrogen) atoms. The molecule has 1 aliphatic rings. The Morgan fingerprint density at radius 2 is 2.22 bits per heavy atom. The zero-order chi connectivity index (χ0) is 16.8. The Kier molecular flexibility index (Phi) is 4.09. The first-order valence-corrected chi connectivity index (χ1v) is 8.08. The van der Waals surface area contributed by atoms with Crippen LogP contribution in [-0.2, 0) is 13.2 Å². The number of carbonyl (C=O) groups excluding carboxylic acids is 1. The van der Waals surface area contributed by atoms with E-state index >= 15 is 0 Å². The van der Waals surface area contributed by atoms with E-state index in [0.29, 0.717) is 17.3 Å². The highest BCUT2D eigenvalue weighted by Crippen LogP contribution is 2.37. The number of nitrogens with one attached hydrogen (secondary N) is 1. The molecule has 3 rings (SSSR count). The molecule has 0 aliphatic carbocycles. The van der Waals surface area contributed by atoms with Crippen LogP contribution in [0.2, 0.25) is 0 Å². The van der Waals surface area contributed by atoms with E-state index in [1.165, 1.54) is 17.8 Å². The van der Waals surface area contributed by atoms with Gasteiger partial charge in [-0.3, -0.25) is 9.48 Å². The minimum Gasteiger partial charge on any atom is -0.351 e. The number of thiophene rings is 1. The van der Waals surface area contributed by atoms with Crippen molar-refractivity contribution in [3.8, 4) is 0 Å². The highest BCUT2D eigenvalue weighted by Gasteiger charge is 2.37. The Hall–Kier alpha value is -1.61. The fourth-order valence-electron chi connectivity index (χ4n) is 2.88. The van der Waals surface area contributed by atoms with Crippen LogP contribution in [0.25, 0.3) is 10.2 Å². The predicted molar refractivity (Wildman–Crippen MR) is 81.5 cm³/mol. The lowest BCUT2D eigenvalue weighted by Crippen LogP contribution is -2.29. The zero-order valence-electron chi connectivity index (χ0n) is 12.8. The van der Waals surface area contributed by atoms with Gasteiger partial charge in [0.05, 0.1) is 4.88 Å². The van der Waals surface area contributed by atoms with Crippen LogP contribution in [0, 0.1) is 5.92 Å². The molecule has 2 aromatic rings. The van der Waals surface area contributed by atoms with Gasteiger partial charge in [-0.15, -0.1) is 11.3 Å². The molecule has 1 amide bonds. The Balaban J connectivity index is 1.76. The minimum absolute atomic E-state index is 0.0178. The molecular formula is C14H17F3N4OS. The van der Waals surface area contributed by atoms with Gasteiger partial charge < -0.3 is 10.2 Å². The summed E-state index contributed by atoms with van der Waals surface area (Å²) in [7, 11) is 3.48. The van der Waals surface area contributed by atoms with Crippen LogP contribution in [0.5, 0.6) is 0 Å². The summed E-state index contributed by atoms with van der Waals surface area (Å²) >= 11 is 1.03. The minimum atomic E-state index is -4.53. The van der Waals surface area contributed by atoms with Gasteiger partial charge in [0.25, 0.3) is 5.91 Å². The van der Waals surface area contributed by atoms with Crippen molar-refractivity contribution in [3.05, 3.63) is 16.6 Å². The third kappa shape index (κ3) is 3.20. The second kappa shape index (κ2) is 5.79. The quantitative estimate of drug-likeness (QED) is 0.928. The van der Waals surface area contributed by atoms with Gasteiger partial charge >= 0.3 is 6.18 Å². The van der Waals surface area contributed by atoms with Gasteiger partial charge in [-0.1, -0.05) is 0 Å². The summed E-state index contributed by atoms with van der Waals surface area (Å²) in [6.07, 6.45) is -3.51. The number of halogens is 3. The van der Waals surface area contributed by atoms with Gasteiger partial charge in [-0.05, 0) is 32.0 Å². The number of hydrogen-bond donors (Lipinski definition) is 1. The summed E-state index contributed by atoms with van der Waals surface area (Å²) in [6, 6.07) is 1.28. The van der Waals surface area contributed by atoms with Crippen molar-refractivity contribution in [2.45, 2.75) is 12.6 Å². The van der Waals surface area contributed by atoms with Crippen LogP contribution in [0.1, 0.15) is 21.8 Å². The van der Waals surface area contributed by atoms with Crippen molar-refractivity contribution in [2.24, 2.45) is 13.0 Å². The number of hydrogen-bond acceptors (Lipinski definition) is 4. The lowest BCUT2D eigenvalue weighted by molar-refractivity contribution is -0.140. The van der Waals surface area contributed by atoms with Crippen LogP contribution in [0.15, 0.2) is 6.07 Å². The predicted octanol–water partition coefficient (Wildman–Crippen LogP) is 2.34. The number of aryl methyl sites for hydroxylation is 1. The van der Waals surface area contributed by atoms with E-state index in [1.807, 2.05) is 7.05 Å². The van der Waals surface area contributed by atoms with E-state index in [2.05, 4.69) is 15.3 Å². The van der Waals surface area contributed by atoms with Crippen molar-refractivity contribution in [1.82, 2.24) is 20.0 Å². The number of aromatic nitrogens is 2. The zero-order valence-corrected chi connectivity index (χ0v) is 13.6. The highest BCUT2D eigenvalue weighted by molar-refractivity contribution is 7.20. The number of likely N-dealkylation sites (tertiary alicyclic amines) is 1. The summed E-state index contributed by atoms with van der Waals surface area (Å²) in [5.41, 5.74) is -0.942. The highest BCUT2D eigenvalue weighted by atomic mass is 32.1. The summed E-state index contributed by atoms with van der Waals surface area (Å²) in [6.45, 7) is 2.47. The van der Waals surface area contributed by atoms with Crippen molar-refractivity contribution < 1.29 is 18.0 Å². The summed E-state index contributed by atoms with van der Waals surface area (Å²) in [5.74, 6) is 0.0691. The number of nitrogens with zero attached hydrogens (tertiary/aromatic N) is 3. The molecular weight excluding hydrogens is 329 g/mol. The molecule has 1 N–H and O–H groups in total. The molecule has 0 aromatic carbocycles. The maximum Gasteiger partial charge on any atom is 0.435 e. The SMILES string of the molecule is CN1CC[C@@H](CNC(=O)c2cc3c(C(F)(F)F)nn(C)c3s2)C1. The van der Waals surface area contributed by atoms with Gasteiger partial charge in [0.1, 0.15) is 4.83 Å². The molecule has 0 saturated carbocycles. The topological polar surface area (TPSA) is 50.2 Å². The van der Waals surface area contributed by atoms with E-state index in [4.69, 9.17) is 0 Å². The van der Waals surface area contributed by atoms with Crippen molar-refractivity contribution in [1.29, 1.82) is 0 Å². The number of rotatable bonds is 3. The van der Waals surface area contributed by atoms with E-state index in [1.54, 1.807) is 0 Å². The number of amides is 1. The fourth-order valence-corrected chi connectivity index (χ4v) is 3.87. The van der Waals surface area contributed by atoms with Gasteiger partial charge in [-0.25, -0.2) is 0 Å². The molecule has 0 radical (unpaired) electrons. The maximum absolute atomic E-state index is 13.0. The van der Waals surface area contributed by atoms with Crippen LogP contribution in [0.3, 0.4) is 0 Å². The molecule has 5 nitrogen and oxygen atoms in total. The third-order valence-corrected chi connectivity index (χ3v) is 5.24. The van der Waals surface area contributed by atoms with Crippen LogP contribution < -0.4 is 5.32 Å². The summed E-state index contributed by atoms with van der Waals surface area (Å²) < 4.78 is 40.0. The third-order valence-electron chi connectivity index (χ3n) is 4.04. The van der Waals surface area contributed by atoms with Crippen molar-refractivity contribution in [3.63, 3.8) is 0 Å². The Bertz CT molecular complexity index is 736. The van der Waals surface area contributed by atoms with Gasteiger partial charge in [-0.2, -0.15) is 18.3 Å². The van der Waals surface area contributed by atoms with E-state index in [0.717, 1.165) is 30.8 Å². The average Bonchev–Trinajstić information content (AvgIpc) is 3.12. The smallest absolute Gasteiger partial charge is 0.351 e. The molecule has 2 aromatic heterocycles. The lowest BCUT2D eigenvalue weighted by atomic mass is 10.1. The maximum atomic E-state index is 13.0. The molecule has 1 atom stereocenters. The second-order valence-corrected chi connectivity index (χ2v) is 6.96. The molecule has 1 fully saturated rings. The Morgan fingerprint density at radius 3 is 2.83 bits per heavy atom. The molecule has 0 unspecified atom stereocenters. The van der Waals surface area contributed by atoms with Gasteiger partial charge in [0.15, 0.2) is 5.69 Å². The standard InChI is InChI=1S/C14H17F3N4OS/c1-20-4-3-8(7-20)6-18-12(22)10-5-9-11(14(15,16)17)19-21(2)13(9)23-10/h5,8H,3-4,6-7H2,1-2H3,(H,18,22)/t8-/m0/s1. The lowest BCUT2D eigenvalue weighted by Gasteiger charge is -2.11. The number of fused-ring (bicyclic) bond motifs is 1. The van der Waals surface area contributed by atoms with Gasteiger partial charge in [0.2, 0.25) is 0 Å². The number of carbonyl (C=O) groups is 1. The molecule has 0 spiro atoms. The average molecular weight is 346 g/mol. The molecule has 0 bridgehead atoms. The summed E-state index contributed by atoms with van der Waals surface area (Å²) in [4.78, 5) is 15.0. The number of alkyl halides is 3. The Morgan fingerprint density at radius 1 is 1.48 bits per heavy atom. The first kappa shape index (κ1) is 16.3. The van der Waals surface area contributed by atoms with Crippen LogP contribution >= 0.6 is 11.3 Å².